The summed E-state index contributed by atoms with van der Waals surface area (Å²) in [6, 6.07) is 37.6. The maximum absolute atomic E-state index is 2.24. The van der Waals surface area contributed by atoms with Crippen LogP contribution in [0.3, 0.4) is 0 Å². The van der Waals surface area contributed by atoms with Crippen molar-refractivity contribution in [3.05, 3.63) is 120 Å². The molecule has 0 saturated heterocycles. The Bertz CT molecular complexity index is 810. The summed E-state index contributed by atoms with van der Waals surface area (Å²) in [5, 5.41) is 0. The molecule has 1 heteroatoms. The molecule has 0 bridgehead atoms. The van der Waals surface area contributed by atoms with Crippen LogP contribution in [0, 0.1) is 6.92 Å². The van der Waals surface area contributed by atoms with Crippen LogP contribution in [0.4, 0.5) is 0 Å². The zero-order valence-corrected chi connectivity index (χ0v) is 18.7. The van der Waals surface area contributed by atoms with Crippen molar-refractivity contribution >= 4 is 0 Å². The van der Waals surface area contributed by atoms with E-state index in [9.17, 15) is 0 Å². The molecule has 0 N–H and O–H groups in total. The Kier molecular flexibility index (Phi) is 13.3. The predicted octanol–water partition coefficient (Wildman–Crippen LogP) is 8.20. The van der Waals surface area contributed by atoms with E-state index in [1.807, 2.05) is 36.4 Å². The Morgan fingerprint density at radius 2 is 1.41 bits per heavy atom. The molecule has 0 fully saturated rings. The van der Waals surface area contributed by atoms with Gasteiger partial charge in [0, 0.05) is 0 Å². The molecule has 0 aliphatic rings. The number of benzene rings is 2. The number of aryl methyl sites for hydroxylation is 2. The quantitative estimate of drug-likeness (QED) is 0.172. The second-order valence-electron chi connectivity index (χ2n) is 6.95. The van der Waals surface area contributed by atoms with Gasteiger partial charge in [0.05, 0.1) is 0 Å². The van der Waals surface area contributed by atoms with Gasteiger partial charge in [0.1, 0.15) is 0 Å². The summed E-state index contributed by atoms with van der Waals surface area (Å²) in [5.74, 6) is 0. The second kappa shape index (κ2) is 15.6. The summed E-state index contributed by atoms with van der Waals surface area (Å²) in [5.41, 5.74) is 5.38. The molecule has 0 aromatic heterocycles. The third-order valence-electron chi connectivity index (χ3n) is 4.48. The Balaban J connectivity index is 0.000000233. The topological polar surface area (TPSA) is 0 Å². The molecule has 0 amide bonds. The molecule has 0 unspecified atom stereocenters. The predicted molar refractivity (Wildman–Crippen MR) is 124 cm³/mol. The molecule has 0 aliphatic heterocycles. The van der Waals surface area contributed by atoms with Crippen molar-refractivity contribution in [1.29, 1.82) is 0 Å². The van der Waals surface area contributed by atoms with Crippen molar-refractivity contribution in [2.75, 3.05) is 0 Å². The van der Waals surface area contributed by atoms with Crippen LogP contribution < -0.4 is 0 Å². The molecule has 0 atom stereocenters. The molecule has 152 valence electrons. The van der Waals surface area contributed by atoms with Gasteiger partial charge < -0.3 is 0 Å². The van der Waals surface area contributed by atoms with Gasteiger partial charge in [0.2, 0.25) is 0 Å². The first-order valence-electron chi connectivity index (χ1n) is 10.3. The average molecular weight is 424 g/mol. The number of rotatable bonds is 5. The fraction of sp³-hybridized carbons (Fsp3) is 0.214. The minimum absolute atomic E-state index is 0. The smallest absolute Gasteiger partial charge is 0.214 e. The molecule has 0 nitrogen and oxygen atoms in total. The Morgan fingerprint density at radius 3 is 1.97 bits per heavy atom. The maximum Gasteiger partial charge on any atom is 2.00 e. The first kappa shape index (κ1) is 24.7. The summed E-state index contributed by atoms with van der Waals surface area (Å²) < 4.78 is 0. The number of unbranched alkanes of at least 4 members (excludes halogenated alkanes) is 2. The van der Waals surface area contributed by atoms with Gasteiger partial charge in [-0.3, -0.25) is 0 Å². The third kappa shape index (κ3) is 10.7. The van der Waals surface area contributed by atoms with Gasteiger partial charge in [0.15, 0.2) is 0 Å². The van der Waals surface area contributed by atoms with Gasteiger partial charge >= 0.3 is 17.1 Å². The summed E-state index contributed by atoms with van der Waals surface area (Å²) in [4.78, 5) is 0. The van der Waals surface area contributed by atoms with Gasteiger partial charge in [-0.25, -0.2) is 24.3 Å². The van der Waals surface area contributed by atoms with E-state index in [-0.39, 0.29) is 17.1 Å². The Hall–Kier alpha value is -2.34. The van der Waals surface area contributed by atoms with Crippen LogP contribution in [0.5, 0.6) is 0 Å². The van der Waals surface area contributed by atoms with Crippen LogP contribution in [0.15, 0.2) is 109 Å². The Labute approximate surface area is 187 Å². The van der Waals surface area contributed by atoms with Crippen molar-refractivity contribution in [2.24, 2.45) is 0 Å². The number of hydrogen-bond acceptors (Lipinski definition) is 0. The fourth-order valence-corrected chi connectivity index (χ4v) is 2.94. The van der Waals surface area contributed by atoms with E-state index in [1.165, 1.54) is 47.9 Å². The van der Waals surface area contributed by atoms with Crippen LogP contribution in [0.25, 0.3) is 11.1 Å². The maximum atomic E-state index is 2.24. The first-order valence-corrected chi connectivity index (χ1v) is 10.3. The third-order valence-corrected chi connectivity index (χ3v) is 4.48. The monoisotopic (exact) mass is 424 g/mol. The van der Waals surface area contributed by atoms with Gasteiger partial charge in [-0.15, -0.1) is 0 Å². The average Bonchev–Trinajstić information content (AvgIpc) is 3.46. The fourth-order valence-electron chi connectivity index (χ4n) is 2.94. The summed E-state index contributed by atoms with van der Waals surface area (Å²) in [6.45, 7) is 4.36. The van der Waals surface area contributed by atoms with Crippen molar-refractivity contribution in [1.82, 2.24) is 0 Å². The van der Waals surface area contributed by atoms with Crippen molar-refractivity contribution < 1.29 is 17.1 Å². The molecule has 0 spiro atoms. The zero-order chi connectivity index (χ0) is 19.9. The molecule has 4 aromatic carbocycles. The van der Waals surface area contributed by atoms with Gasteiger partial charge in [-0.1, -0.05) is 92.8 Å². The minimum Gasteiger partial charge on any atom is -0.214 e. The van der Waals surface area contributed by atoms with Crippen molar-refractivity contribution in [2.45, 2.75) is 39.5 Å². The van der Waals surface area contributed by atoms with Gasteiger partial charge in [-0.05, 0) is 18.1 Å². The van der Waals surface area contributed by atoms with E-state index in [2.05, 4.69) is 86.6 Å². The summed E-state index contributed by atoms with van der Waals surface area (Å²) >= 11 is 0. The van der Waals surface area contributed by atoms with Gasteiger partial charge in [-0.2, -0.15) is 35.9 Å². The van der Waals surface area contributed by atoms with Crippen LogP contribution in [-0.2, 0) is 23.5 Å². The molecule has 0 saturated carbocycles. The Morgan fingerprint density at radius 1 is 0.690 bits per heavy atom. The van der Waals surface area contributed by atoms with Crippen LogP contribution in [0.2, 0.25) is 0 Å². The largest absolute Gasteiger partial charge is 2.00 e. The molecular formula is C28H32Fe. The first-order chi connectivity index (χ1) is 13.8. The van der Waals surface area contributed by atoms with E-state index in [0.717, 1.165) is 0 Å². The number of hydrogen-bond donors (Lipinski definition) is 0. The second-order valence-corrected chi connectivity index (χ2v) is 6.95. The molecule has 4 rings (SSSR count). The normalized spacial score (nSPS) is 9.31. The van der Waals surface area contributed by atoms with E-state index >= 15 is 0 Å². The van der Waals surface area contributed by atoms with Crippen molar-refractivity contribution in [3.8, 4) is 11.1 Å². The zero-order valence-electron chi connectivity index (χ0n) is 17.6. The van der Waals surface area contributed by atoms with E-state index in [1.54, 1.807) is 0 Å². The standard InChI is InChI=1S/C13H12.C10H15.C5H5.Fe/c1-11-6-5-9-13(10-11)12-7-3-2-4-8-12;1-2-3-4-7-10-8-5-6-9-10;1-2-4-5-3-1;/h2-10H,1H3;5-6,8-9H,2-4,7H2,1H3;1-5H;/q;2*-1;+2. The molecular weight excluding hydrogens is 392 g/mol. The van der Waals surface area contributed by atoms with E-state index < -0.39 is 0 Å². The SMILES string of the molecule is CCCCCc1ccc[cH-]1.Cc1cccc(-c2ccccc2)c1.[Fe+2].c1cc[cH-]c1. The molecule has 4 aromatic rings. The summed E-state index contributed by atoms with van der Waals surface area (Å²) in [6.07, 6.45) is 5.30. The molecule has 0 aliphatic carbocycles. The minimum atomic E-state index is 0. The van der Waals surface area contributed by atoms with E-state index in [0.29, 0.717) is 0 Å². The van der Waals surface area contributed by atoms with Crippen LogP contribution in [-0.4, -0.2) is 0 Å². The van der Waals surface area contributed by atoms with Crippen LogP contribution in [0.1, 0.15) is 37.3 Å². The van der Waals surface area contributed by atoms with Crippen LogP contribution >= 0.6 is 0 Å². The molecule has 0 radical (unpaired) electrons. The van der Waals surface area contributed by atoms with E-state index in [4.69, 9.17) is 0 Å². The van der Waals surface area contributed by atoms with Gasteiger partial charge in [0.25, 0.3) is 0 Å². The summed E-state index contributed by atoms with van der Waals surface area (Å²) in [7, 11) is 0. The van der Waals surface area contributed by atoms with Crippen molar-refractivity contribution in [3.63, 3.8) is 0 Å². The molecule has 29 heavy (non-hydrogen) atoms. The molecule has 0 heterocycles.